The summed E-state index contributed by atoms with van der Waals surface area (Å²) in [7, 11) is 0. The number of hydrogen-bond donors (Lipinski definition) is 0. The highest BCUT2D eigenvalue weighted by Gasteiger charge is 2.48. The topological polar surface area (TPSA) is 8.82 Å². The van der Waals surface area contributed by atoms with E-state index in [1.807, 2.05) is 0 Å². The first-order valence-corrected chi connectivity index (χ1v) is 26.9. The zero-order valence-corrected chi connectivity index (χ0v) is 41.8. The highest BCUT2D eigenvalue weighted by Crippen LogP contribution is 2.60. The van der Waals surface area contributed by atoms with Crippen molar-refractivity contribution < 1.29 is 0 Å². The maximum atomic E-state index is 2.55. The molecular weight excluding hydrogens is 929 g/mol. The zero-order valence-electron chi connectivity index (χ0n) is 41.8. The van der Waals surface area contributed by atoms with Crippen LogP contribution in [0, 0.1) is 0 Å². The van der Waals surface area contributed by atoms with Crippen molar-refractivity contribution in [2.45, 2.75) is 5.41 Å². The summed E-state index contributed by atoms with van der Waals surface area (Å²) in [6.45, 7) is 0. The summed E-state index contributed by atoms with van der Waals surface area (Å²) in [6, 6.07) is 101. The molecule has 354 valence electrons. The lowest BCUT2D eigenvalue weighted by Crippen LogP contribution is -2.29. The summed E-state index contributed by atoms with van der Waals surface area (Å²) >= 11 is 0. The molecule has 4 aromatic heterocycles. The van der Waals surface area contributed by atoms with Crippen LogP contribution >= 0.6 is 0 Å². The van der Waals surface area contributed by atoms with Gasteiger partial charge in [0.1, 0.15) is 0 Å². The molecule has 0 saturated heterocycles. The SMILES string of the molecule is c1ccc(C2(c3ccccc3)c3ccccc3-c3cccc(-c4c5cccc(-c6cccc7c6c6cccc8c9ccccc9n7c86)c5cc5c(-c6cccc7c6c6cccc8c9ccccc9n7c86)cccc45)c32)cc1. The smallest absolute Gasteiger partial charge is 0.0719 e. The minimum absolute atomic E-state index is 0.612. The molecule has 2 nitrogen and oxygen atoms in total. The molecule has 1 aliphatic rings. The van der Waals surface area contributed by atoms with E-state index in [4.69, 9.17) is 0 Å². The van der Waals surface area contributed by atoms with Crippen LogP contribution in [0.15, 0.2) is 267 Å². The molecule has 0 N–H and O–H groups in total. The summed E-state index contributed by atoms with van der Waals surface area (Å²) in [5.41, 5.74) is 22.0. The Hall–Kier alpha value is -10.0. The standard InChI is InChI=1S/C75H44N2/c1-3-20-45(21-4-1)75(46-22-5-2-6-23-46)64-39-10-7-24-49(64)56-33-15-36-59(72(56)75)69-54-29-13-27-47(52-31-18-42-67-70(52)60-37-16-34-57-50-25-8-11-40-65(50)76(67)73(57)60)62(54)44-63-48(28-14-30-55(63)69)53-32-19-43-68-71(53)61-38-17-35-58-51-26-9-12-41-66(51)77(68)74(58)61/h1-44H. The van der Waals surface area contributed by atoms with Gasteiger partial charge in [-0.15, -0.1) is 0 Å². The van der Waals surface area contributed by atoms with Crippen LogP contribution in [0.3, 0.4) is 0 Å². The summed E-state index contributed by atoms with van der Waals surface area (Å²) in [5, 5.41) is 15.2. The minimum Gasteiger partial charge on any atom is -0.308 e. The molecule has 0 atom stereocenters. The summed E-state index contributed by atoms with van der Waals surface area (Å²) in [6.07, 6.45) is 0. The van der Waals surface area contributed by atoms with Gasteiger partial charge >= 0.3 is 0 Å². The molecule has 0 unspecified atom stereocenters. The van der Waals surface area contributed by atoms with Gasteiger partial charge in [0, 0.05) is 43.1 Å². The van der Waals surface area contributed by atoms with Gasteiger partial charge in [0.05, 0.1) is 38.5 Å². The number of para-hydroxylation sites is 4. The molecule has 1 aliphatic carbocycles. The van der Waals surface area contributed by atoms with Crippen LogP contribution in [0.4, 0.5) is 0 Å². The Labute approximate surface area is 443 Å². The van der Waals surface area contributed by atoms with E-state index in [1.54, 1.807) is 0 Å². The normalized spacial score (nSPS) is 13.3. The predicted octanol–water partition coefficient (Wildman–Crippen LogP) is 19.7. The molecule has 0 bridgehead atoms. The highest BCUT2D eigenvalue weighted by molar-refractivity contribution is 6.30. The van der Waals surface area contributed by atoms with Gasteiger partial charge in [0.15, 0.2) is 0 Å². The van der Waals surface area contributed by atoms with Gasteiger partial charge < -0.3 is 8.80 Å². The van der Waals surface area contributed by atoms with Gasteiger partial charge in [-0.3, -0.25) is 0 Å². The van der Waals surface area contributed by atoms with E-state index >= 15 is 0 Å². The molecule has 0 radical (unpaired) electrons. The molecule has 2 heteroatoms. The first-order valence-electron chi connectivity index (χ1n) is 26.9. The lowest BCUT2D eigenvalue weighted by atomic mass is 9.65. The number of rotatable bonds is 5. The second-order valence-corrected chi connectivity index (χ2v) is 21.3. The third-order valence-corrected chi connectivity index (χ3v) is 17.9. The molecule has 77 heavy (non-hydrogen) atoms. The van der Waals surface area contributed by atoms with Crippen LogP contribution in [0.1, 0.15) is 22.3 Å². The molecular formula is C75H44N2. The van der Waals surface area contributed by atoms with E-state index in [9.17, 15) is 0 Å². The van der Waals surface area contributed by atoms with E-state index in [-0.39, 0.29) is 0 Å². The summed E-state index contributed by atoms with van der Waals surface area (Å²) < 4.78 is 5.02. The lowest BCUT2D eigenvalue weighted by Gasteiger charge is -2.35. The fourth-order valence-electron chi connectivity index (χ4n) is 15.0. The third-order valence-electron chi connectivity index (χ3n) is 17.9. The number of hydrogen-bond acceptors (Lipinski definition) is 0. The van der Waals surface area contributed by atoms with E-state index in [0.29, 0.717) is 0 Å². The molecule has 0 saturated carbocycles. The second kappa shape index (κ2) is 15.1. The Balaban J connectivity index is 1.01. The van der Waals surface area contributed by atoms with Crippen LogP contribution in [-0.2, 0) is 5.41 Å². The minimum atomic E-state index is -0.612. The van der Waals surface area contributed by atoms with E-state index in [2.05, 4.69) is 276 Å². The fourth-order valence-corrected chi connectivity index (χ4v) is 15.0. The average Bonchev–Trinajstić information content (AvgIpc) is 4.51. The Bertz CT molecular complexity index is 5050. The largest absolute Gasteiger partial charge is 0.308 e. The zero-order chi connectivity index (χ0) is 50.1. The predicted molar refractivity (Wildman–Crippen MR) is 324 cm³/mol. The highest BCUT2D eigenvalue weighted by atomic mass is 14.9. The monoisotopic (exact) mass is 972 g/mol. The van der Waals surface area contributed by atoms with Crippen molar-refractivity contribution in [2.24, 2.45) is 0 Å². The Kier molecular flexibility index (Phi) is 8.09. The van der Waals surface area contributed by atoms with Crippen LogP contribution in [0.2, 0.25) is 0 Å². The van der Waals surface area contributed by atoms with Crippen molar-refractivity contribution in [1.29, 1.82) is 0 Å². The van der Waals surface area contributed by atoms with E-state index < -0.39 is 5.41 Å². The van der Waals surface area contributed by atoms with Crippen molar-refractivity contribution in [3.05, 3.63) is 289 Å². The van der Waals surface area contributed by atoms with Crippen molar-refractivity contribution in [2.75, 3.05) is 0 Å². The van der Waals surface area contributed by atoms with Gasteiger partial charge in [-0.05, 0) is 119 Å². The lowest BCUT2D eigenvalue weighted by molar-refractivity contribution is 0.770. The molecule has 0 fully saturated rings. The molecule has 0 amide bonds. The third kappa shape index (κ3) is 5.15. The molecule has 17 aromatic rings. The van der Waals surface area contributed by atoms with Gasteiger partial charge in [-0.1, -0.05) is 237 Å². The van der Waals surface area contributed by atoms with Crippen molar-refractivity contribution in [1.82, 2.24) is 8.80 Å². The number of nitrogens with zero attached hydrogens (tertiary/aromatic N) is 2. The maximum absolute atomic E-state index is 2.55. The molecule has 4 heterocycles. The Morgan fingerprint density at radius 2 is 0.610 bits per heavy atom. The molecule has 13 aromatic carbocycles. The van der Waals surface area contributed by atoms with Gasteiger partial charge in [0.25, 0.3) is 0 Å². The van der Waals surface area contributed by atoms with Crippen LogP contribution < -0.4 is 0 Å². The Morgan fingerprint density at radius 1 is 0.234 bits per heavy atom. The van der Waals surface area contributed by atoms with Crippen molar-refractivity contribution in [3.63, 3.8) is 0 Å². The summed E-state index contributed by atoms with van der Waals surface area (Å²) in [5.74, 6) is 0. The molecule has 18 rings (SSSR count). The quantitative estimate of drug-likeness (QED) is 0.152. The summed E-state index contributed by atoms with van der Waals surface area (Å²) in [4.78, 5) is 0. The van der Waals surface area contributed by atoms with Gasteiger partial charge in [-0.25, -0.2) is 0 Å². The molecule has 0 aliphatic heterocycles. The average molecular weight is 973 g/mol. The van der Waals surface area contributed by atoms with Crippen molar-refractivity contribution >= 4 is 97.7 Å². The first-order chi connectivity index (χ1) is 38.3. The number of aromatic nitrogens is 2. The number of benzene rings is 13. The first kappa shape index (κ1) is 41.3. The Morgan fingerprint density at radius 3 is 1.18 bits per heavy atom. The van der Waals surface area contributed by atoms with Crippen LogP contribution in [-0.4, -0.2) is 8.80 Å². The fraction of sp³-hybridized carbons (Fsp3) is 0.0133. The number of fused-ring (bicyclic) bond motifs is 17. The molecule has 0 spiro atoms. The van der Waals surface area contributed by atoms with E-state index in [0.717, 1.165) is 0 Å². The van der Waals surface area contributed by atoms with Crippen LogP contribution in [0.25, 0.3) is 142 Å². The van der Waals surface area contributed by atoms with E-state index in [1.165, 1.54) is 164 Å². The maximum Gasteiger partial charge on any atom is 0.0719 e. The van der Waals surface area contributed by atoms with Crippen molar-refractivity contribution in [3.8, 4) is 44.5 Å². The van der Waals surface area contributed by atoms with Gasteiger partial charge in [0.2, 0.25) is 0 Å². The van der Waals surface area contributed by atoms with Gasteiger partial charge in [-0.2, -0.15) is 0 Å². The van der Waals surface area contributed by atoms with Crippen LogP contribution in [0.5, 0.6) is 0 Å². The second-order valence-electron chi connectivity index (χ2n) is 21.3.